The van der Waals surface area contributed by atoms with Gasteiger partial charge in [-0.1, -0.05) is 6.07 Å². The van der Waals surface area contributed by atoms with Crippen LogP contribution < -0.4 is 9.47 Å². The molecule has 0 spiro atoms. The van der Waals surface area contributed by atoms with Gasteiger partial charge in [-0.15, -0.1) is 0 Å². The van der Waals surface area contributed by atoms with E-state index in [1.54, 1.807) is 0 Å². The Hall–Kier alpha value is -1.22. The maximum Gasteiger partial charge on any atom is 0.161 e. The van der Waals surface area contributed by atoms with Crippen LogP contribution in [0.2, 0.25) is 0 Å². The van der Waals surface area contributed by atoms with Gasteiger partial charge in [-0.2, -0.15) is 0 Å². The fourth-order valence-electron chi connectivity index (χ4n) is 1.53. The summed E-state index contributed by atoms with van der Waals surface area (Å²) in [6, 6.07) is 5.94. The highest BCUT2D eigenvalue weighted by Gasteiger charge is 2.05. The molecule has 0 amide bonds. The molecule has 0 bridgehead atoms. The summed E-state index contributed by atoms with van der Waals surface area (Å²) in [5.41, 5.74) is 1.17. The highest BCUT2D eigenvalue weighted by molar-refractivity contribution is 5.43. The minimum atomic E-state index is 0.219. The van der Waals surface area contributed by atoms with E-state index in [0.29, 0.717) is 13.2 Å². The summed E-state index contributed by atoms with van der Waals surface area (Å²) in [7, 11) is 0. The number of ether oxygens (including phenoxy) is 2. The molecule has 90 valence electrons. The number of aliphatic hydroxyl groups excluding tert-OH is 1. The summed E-state index contributed by atoms with van der Waals surface area (Å²) in [5, 5.41) is 8.78. The van der Waals surface area contributed by atoms with Crippen LogP contribution in [0.3, 0.4) is 0 Å². The van der Waals surface area contributed by atoms with Gasteiger partial charge in [-0.25, -0.2) is 0 Å². The Morgan fingerprint density at radius 1 is 1.06 bits per heavy atom. The van der Waals surface area contributed by atoms with Crippen LogP contribution in [0.25, 0.3) is 0 Å². The number of aryl methyl sites for hydroxylation is 1. The third-order valence-corrected chi connectivity index (χ3v) is 2.23. The average Bonchev–Trinajstić information content (AvgIpc) is 2.30. The van der Waals surface area contributed by atoms with Crippen LogP contribution >= 0.6 is 0 Å². The number of rotatable bonds is 7. The first-order valence-corrected chi connectivity index (χ1v) is 5.81. The highest BCUT2D eigenvalue weighted by atomic mass is 16.5. The van der Waals surface area contributed by atoms with E-state index in [0.717, 1.165) is 24.3 Å². The topological polar surface area (TPSA) is 38.7 Å². The van der Waals surface area contributed by atoms with E-state index in [2.05, 4.69) is 0 Å². The lowest BCUT2D eigenvalue weighted by molar-refractivity contribution is 0.284. The highest BCUT2D eigenvalue weighted by Crippen LogP contribution is 2.28. The van der Waals surface area contributed by atoms with Crippen molar-refractivity contribution in [2.75, 3.05) is 19.8 Å². The van der Waals surface area contributed by atoms with Crippen molar-refractivity contribution in [3.05, 3.63) is 23.8 Å². The fourth-order valence-corrected chi connectivity index (χ4v) is 1.53. The normalized spacial score (nSPS) is 10.2. The smallest absolute Gasteiger partial charge is 0.161 e. The Labute approximate surface area is 97.0 Å². The van der Waals surface area contributed by atoms with Gasteiger partial charge < -0.3 is 14.6 Å². The molecule has 0 radical (unpaired) electrons. The van der Waals surface area contributed by atoms with Gasteiger partial charge >= 0.3 is 0 Å². The van der Waals surface area contributed by atoms with Crippen LogP contribution in [0.1, 0.15) is 25.8 Å². The van der Waals surface area contributed by atoms with Gasteiger partial charge in [-0.05, 0) is 44.4 Å². The van der Waals surface area contributed by atoms with Crippen LogP contribution in [0, 0.1) is 0 Å². The zero-order chi connectivity index (χ0) is 11.8. The van der Waals surface area contributed by atoms with Gasteiger partial charge in [0.25, 0.3) is 0 Å². The van der Waals surface area contributed by atoms with E-state index in [1.165, 1.54) is 5.56 Å². The molecule has 0 fully saturated rings. The number of hydrogen-bond acceptors (Lipinski definition) is 3. The van der Waals surface area contributed by atoms with Crippen molar-refractivity contribution in [3.63, 3.8) is 0 Å². The summed E-state index contributed by atoms with van der Waals surface area (Å²) < 4.78 is 11.0. The molecule has 0 saturated carbocycles. The summed E-state index contributed by atoms with van der Waals surface area (Å²) in [6.07, 6.45) is 1.64. The first kappa shape index (κ1) is 12.8. The molecule has 3 nitrogen and oxygen atoms in total. The first-order chi connectivity index (χ1) is 7.81. The molecular formula is C13H20O3. The number of hydrogen-bond donors (Lipinski definition) is 1. The molecule has 0 unspecified atom stereocenters. The monoisotopic (exact) mass is 224 g/mol. The molecular weight excluding hydrogens is 204 g/mol. The van der Waals surface area contributed by atoms with Crippen molar-refractivity contribution in [1.29, 1.82) is 0 Å². The standard InChI is InChI=1S/C13H20O3/c1-3-15-12-8-7-11(6-5-9-14)10-13(12)16-4-2/h7-8,10,14H,3-6,9H2,1-2H3. The zero-order valence-electron chi connectivity index (χ0n) is 10.0. The second-order valence-electron chi connectivity index (χ2n) is 3.47. The third kappa shape index (κ3) is 3.74. The van der Waals surface area contributed by atoms with Crippen molar-refractivity contribution < 1.29 is 14.6 Å². The quantitative estimate of drug-likeness (QED) is 0.773. The van der Waals surface area contributed by atoms with Gasteiger partial charge in [0.05, 0.1) is 13.2 Å². The predicted octanol–water partition coefficient (Wildman–Crippen LogP) is 2.41. The average molecular weight is 224 g/mol. The summed E-state index contributed by atoms with van der Waals surface area (Å²) >= 11 is 0. The second-order valence-corrected chi connectivity index (χ2v) is 3.47. The van der Waals surface area contributed by atoms with Gasteiger partial charge in [0, 0.05) is 6.61 Å². The van der Waals surface area contributed by atoms with Crippen molar-refractivity contribution >= 4 is 0 Å². The van der Waals surface area contributed by atoms with Crippen LogP contribution in [0.5, 0.6) is 11.5 Å². The van der Waals surface area contributed by atoms with Crippen molar-refractivity contribution in [3.8, 4) is 11.5 Å². The largest absolute Gasteiger partial charge is 0.490 e. The van der Waals surface area contributed by atoms with E-state index in [-0.39, 0.29) is 6.61 Å². The SMILES string of the molecule is CCOc1ccc(CCCO)cc1OCC. The Morgan fingerprint density at radius 3 is 2.38 bits per heavy atom. The van der Waals surface area contributed by atoms with Gasteiger partial charge in [0.15, 0.2) is 11.5 Å². The maximum atomic E-state index is 8.78. The van der Waals surface area contributed by atoms with Crippen molar-refractivity contribution in [2.45, 2.75) is 26.7 Å². The molecule has 0 saturated heterocycles. The van der Waals surface area contributed by atoms with Crippen LogP contribution in [0.15, 0.2) is 18.2 Å². The lowest BCUT2D eigenvalue weighted by Gasteiger charge is -2.12. The van der Waals surface area contributed by atoms with Gasteiger partial charge in [0.1, 0.15) is 0 Å². The van der Waals surface area contributed by atoms with Crippen LogP contribution in [-0.2, 0) is 6.42 Å². The molecule has 0 aliphatic carbocycles. The Balaban J connectivity index is 2.79. The summed E-state index contributed by atoms with van der Waals surface area (Å²) in [6.45, 7) is 5.39. The van der Waals surface area contributed by atoms with Gasteiger partial charge in [-0.3, -0.25) is 0 Å². The first-order valence-electron chi connectivity index (χ1n) is 5.81. The van der Waals surface area contributed by atoms with E-state index in [9.17, 15) is 0 Å². The van der Waals surface area contributed by atoms with E-state index < -0.39 is 0 Å². The summed E-state index contributed by atoms with van der Waals surface area (Å²) in [4.78, 5) is 0. The van der Waals surface area contributed by atoms with E-state index in [1.807, 2.05) is 32.0 Å². The molecule has 1 aromatic carbocycles. The molecule has 0 heterocycles. The maximum absolute atomic E-state index is 8.78. The Kier molecular flexibility index (Phi) is 5.72. The number of benzene rings is 1. The van der Waals surface area contributed by atoms with Crippen molar-refractivity contribution in [1.82, 2.24) is 0 Å². The molecule has 3 heteroatoms. The lowest BCUT2D eigenvalue weighted by Crippen LogP contribution is -1.99. The van der Waals surface area contributed by atoms with Crippen LogP contribution in [0.4, 0.5) is 0 Å². The molecule has 0 atom stereocenters. The molecule has 0 aliphatic heterocycles. The molecule has 1 rings (SSSR count). The third-order valence-electron chi connectivity index (χ3n) is 2.23. The molecule has 1 N–H and O–H groups in total. The van der Waals surface area contributed by atoms with Crippen LogP contribution in [-0.4, -0.2) is 24.9 Å². The second kappa shape index (κ2) is 7.12. The predicted molar refractivity (Wildman–Crippen MR) is 64.2 cm³/mol. The Morgan fingerprint density at radius 2 is 1.75 bits per heavy atom. The summed E-state index contributed by atoms with van der Waals surface area (Å²) in [5.74, 6) is 1.58. The molecule has 0 aliphatic rings. The van der Waals surface area contributed by atoms with Crippen molar-refractivity contribution in [2.24, 2.45) is 0 Å². The molecule has 1 aromatic rings. The van der Waals surface area contributed by atoms with E-state index in [4.69, 9.17) is 14.6 Å². The zero-order valence-corrected chi connectivity index (χ0v) is 10.0. The molecule has 16 heavy (non-hydrogen) atoms. The minimum Gasteiger partial charge on any atom is -0.490 e. The Bertz CT molecular complexity index is 310. The lowest BCUT2D eigenvalue weighted by atomic mass is 10.1. The van der Waals surface area contributed by atoms with E-state index >= 15 is 0 Å². The number of aliphatic hydroxyl groups is 1. The fraction of sp³-hybridized carbons (Fsp3) is 0.538. The van der Waals surface area contributed by atoms with Gasteiger partial charge in [0.2, 0.25) is 0 Å². The minimum absolute atomic E-state index is 0.219. The molecule has 0 aromatic heterocycles.